The molecule has 1 aromatic rings. The maximum absolute atomic E-state index is 11.3. The number of aryl methyl sites for hydroxylation is 1. The number of fused-ring (bicyclic) bond motifs is 1. The van der Waals surface area contributed by atoms with E-state index in [-0.39, 0.29) is 0 Å². The van der Waals surface area contributed by atoms with Crippen LogP contribution in [0.25, 0.3) is 0 Å². The van der Waals surface area contributed by atoms with Crippen LogP contribution in [0.3, 0.4) is 0 Å². The molecule has 3 rings (SSSR count). The lowest BCUT2D eigenvalue weighted by atomic mass is 9.97. The molecule has 6 heteroatoms. The van der Waals surface area contributed by atoms with E-state index in [2.05, 4.69) is 22.0 Å². The maximum Gasteiger partial charge on any atom is 0.328 e. The summed E-state index contributed by atoms with van der Waals surface area (Å²) in [5.74, 6) is 1.31. The molecule has 0 amide bonds. The Balaban J connectivity index is 1.83. The Bertz CT molecular complexity index is 477. The van der Waals surface area contributed by atoms with Gasteiger partial charge in [0.2, 0.25) is 0 Å². The molecule has 0 spiro atoms. The molecule has 0 bridgehead atoms. The Morgan fingerprint density at radius 2 is 2.05 bits per heavy atom. The summed E-state index contributed by atoms with van der Waals surface area (Å²) in [6.07, 6.45) is 4.54. The highest BCUT2D eigenvalue weighted by Gasteiger charge is 2.30. The van der Waals surface area contributed by atoms with Crippen molar-refractivity contribution in [1.29, 1.82) is 0 Å². The molecular weight excluding hydrogens is 244 g/mol. The van der Waals surface area contributed by atoms with Gasteiger partial charge in [-0.05, 0) is 45.8 Å². The van der Waals surface area contributed by atoms with E-state index >= 15 is 0 Å². The molecule has 0 radical (unpaired) electrons. The normalized spacial score (nSPS) is 25.2. The van der Waals surface area contributed by atoms with Crippen LogP contribution in [0.5, 0.6) is 0 Å². The zero-order chi connectivity index (χ0) is 13.4. The summed E-state index contributed by atoms with van der Waals surface area (Å²) >= 11 is 0. The van der Waals surface area contributed by atoms with Gasteiger partial charge in [0, 0.05) is 12.3 Å². The number of aromatic nitrogens is 3. The van der Waals surface area contributed by atoms with Gasteiger partial charge in [-0.2, -0.15) is 5.10 Å². The van der Waals surface area contributed by atoms with Gasteiger partial charge in [0.1, 0.15) is 5.82 Å². The maximum atomic E-state index is 11.3. The molecule has 1 atom stereocenters. The first-order valence-electron chi connectivity index (χ1n) is 7.02. The van der Waals surface area contributed by atoms with Crippen LogP contribution < -0.4 is 0 Å². The minimum absolute atomic E-state index is 0.392. The number of nitrogens with zero attached hydrogens (tertiary/aromatic N) is 4. The van der Waals surface area contributed by atoms with Crippen LogP contribution in [0.15, 0.2) is 0 Å². The summed E-state index contributed by atoms with van der Waals surface area (Å²) < 4.78 is 1.65. The zero-order valence-corrected chi connectivity index (χ0v) is 11.2. The Hall–Kier alpha value is -1.43. The first kappa shape index (κ1) is 12.6. The molecule has 0 aromatic carbocycles. The van der Waals surface area contributed by atoms with Crippen molar-refractivity contribution in [2.75, 3.05) is 20.1 Å². The third-order valence-electron chi connectivity index (χ3n) is 4.26. The molecule has 0 aliphatic carbocycles. The van der Waals surface area contributed by atoms with Crippen molar-refractivity contribution in [1.82, 2.24) is 19.7 Å². The molecular formula is C13H20N4O2. The molecule has 19 heavy (non-hydrogen) atoms. The van der Waals surface area contributed by atoms with Crippen LogP contribution in [-0.2, 0) is 11.2 Å². The molecule has 3 heterocycles. The molecule has 1 aromatic heterocycles. The molecule has 1 saturated heterocycles. The Kier molecular flexibility index (Phi) is 3.26. The fourth-order valence-electron chi connectivity index (χ4n) is 3.04. The van der Waals surface area contributed by atoms with E-state index in [4.69, 9.17) is 0 Å². The number of likely N-dealkylation sites (tertiary alicyclic amines) is 1. The van der Waals surface area contributed by atoms with Gasteiger partial charge in [0.05, 0.1) is 0 Å². The summed E-state index contributed by atoms with van der Waals surface area (Å²) in [5, 5.41) is 13.8. The number of rotatable bonds is 2. The number of carboxylic acids is 1. The number of carbonyl (C=O) groups is 1. The van der Waals surface area contributed by atoms with Gasteiger partial charge in [-0.3, -0.25) is 0 Å². The van der Waals surface area contributed by atoms with Gasteiger partial charge in [0.25, 0.3) is 0 Å². The van der Waals surface area contributed by atoms with Crippen molar-refractivity contribution >= 4 is 5.97 Å². The van der Waals surface area contributed by atoms with Gasteiger partial charge in [0.15, 0.2) is 11.9 Å². The number of hydrogen-bond donors (Lipinski definition) is 1. The first-order chi connectivity index (χ1) is 9.15. The molecule has 6 nitrogen and oxygen atoms in total. The molecule has 104 valence electrons. The molecule has 2 aliphatic heterocycles. The Morgan fingerprint density at radius 1 is 1.32 bits per heavy atom. The second-order valence-corrected chi connectivity index (χ2v) is 5.65. The van der Waals surface area contributed by atoms with Crippen LogP contribution in [0.2, 0.25) is 0 Å². The smallest absolute Gasteiger partial charge is 0.328 e. The van der Waals surface area contributed by atoms with Crippen molar-refractivity contribution < 1.29 is 9.90 Å². The van der Waals surface area contributed by atoms with E-state index in [9.17, 15) is 9.90 Å². The van der Waals surface area contributed by atoms with E-state index in [1.54, 1.807) is 4.68 Å². The van der Waals surface area contributed by atoms with Gasteiger partial charge < -0.3 is 10.0 Å². The minimum atomic E-state index is -0.791. The van der Waals surface area contributed by atoms with Gasteiger partial charge in [-0.1, -0.05) is 0 Å². The summed E-state index contributed by atoms with van der Waals surface area (Å²) in [7, 11) is 2.13. The van der Waals surface area contributed by atoms with E-state index in [1.807, 2.05) is 0 Å². The van der Waals surface area contributed by atoms with Gasteiger partial charge in [-0.25, -0.2) is 14.5 Å². The van der Waals surface area contributed by atoms with Crippen molar-refractivity contribution in [3.05, 3.63) is 11.6 Å². The predicted molar refractivity (Wildman–Crippen MR) is 69.1 cm³/mol. The first-order valence-corrected chi connectivity index (χ1v) is 7.02. The van der Waals surface area contributed by atoms with Crippen LogP contribution in [0.4, 0.5) is 0 Å². The van der Waals surface area contributed by atoms with Gasteiger partial charge in [-0.15, -0.1) is 0 Å². The SMILES string of the molecule is CN1CCC(c2nc3n(n2)C(C(=O)O)CCC3)CC1. The number of piperidine rings is 1. The minimum Gasteiger partial charge on any atom is -0.480 e. The Morgan fingerprint density at radius 3 is 2.74 bits per heavy atom. The van der Waals surface area contributed by atoms with E-state index in [0.717, 1.165) is 50.4 Å². The van der Waals surface area contributed by atoms with E-state index in [0.29, 0.717) is 12.3 Å². The molecule has 2 aliphatic rings. The lowest BCUT2D eigenvalue weighted by Crippen LogP contribution is -2.29. The van der Waals surface area contributed by atoms with E-state index in [1.165, 1.54) is 0 Å². The summed E-state index contributed by atoms with van der Waals surface area (Å²) in [6.45, 7) is 2.13. The summed E-state index contributed by atoms with van der Waals surface area (Å²) in [5.41, 5.74) is 0. The van der Waals surface area contributed by atoms with Crippen molar-refractivity contribution in [2.24, 2.45) is 0 Å². The highest BCUT2D eigenvalue weighted by atomic mass is 16.4. The number of aliphatic carboxylic acids is 1. The standard InChI is InChI=1S/C13H20N4O2/c1-16-7-5-9(6-8-16)12-14-11-4-2-3-10(13(18)19)17(11)15-12/h9-10H,2-8H2,1H3,(H,18,19). The third-order valence-corrected chi connectivity index (χ3v) is 4.26. The zero-order valence-electron chi connectivity index (χ0n) is 11.2. The lowest BCUT2D eigenvalue weighted by molar-refractivity contribution is -0.141. The highest BCUT2D eigenvalue weighted by molar-refractivity contribution is 5.71. The fourth-order valence-corrected chi connectivity index (χ4v) is 3.04. The number of carboxylic acid groups (broad SMARTS) is 1. The van der Waals surface area contributed by atoms with Crippen molar-refractivity contribution in [3.8, 4) is 0 Å². The fraction of sp³-hybridized carbons (Fsp3) is 0.769. The predicted octanol–water partition coefficient (Wildman–Crippen LogP) is 1.05. The lowest BCUT2D eigenvalue weighted by Gasteiger charge is -2.27. The van der Waals surface area contributed by atoms with Crippen molar-refractivity contribution in [2.45, 2.75) is 44.1 Å². The topological polar surface area (TPSA) is 71.2 Å². The second-order valence-electron chi connectivity index (χ2n) is 5.65. The average Bonchev–Trinajstić information content (AvgIpc) is 2.82. The van der Waals surface area contributed by atoms with Crippen LogP contribution in [0, 0.1) is 0 Å². The molecule has 0 saturated carbocycles. The molecule has 1 fully saturated rings. The van der Waals surface area contributed by atoms with Crippen LogP contribution >= 0.6 is 0 Å². The molecule has 1 N–H and O–H groups in total. The van der Waals surface area contributed by atoms with Crippen LogP contribution in [-0.4, -0.2) is 50.9 Å². The molecule has 1 unspecified atom stereocenters. The summed E-state index contributed by atoms with van der Waals surface area (Å²) in [4.78, 5) is 18.2. The highest BCUT2D eigenvalue weighted by Crippen LogP contribution is 2.29. The number of hydrogen-bond acceptors (Lipinski definition) is 4. The Labute approximate surface area is 112 Å². The second kappa shape index (κ2) is 4.92. The van der Waals surface area contributed by atoms with Crippen LogP contribution in [0.1, 0.15) is 49.3 Å². The quantitative estimate of drug-likeness (QED) is 0.864. The average molecular weight is 264 g/mol. The van der Waals surface area contributed by atoms with Crippen molar-refractivity contribution in [3.63, 3.8) is 0 Å². The summed E-state index contributed by atoms with van der Waals surface area (Å²) in [6, 6.07) is -0.517. The van der Waals surface area contributed by atoms with Gasteiger partial charge >= 0.3 is 5.97 Å². The monoisotopic (exact) mass is 264 g/mol. The largest absolute Gasteiger partial charge is 0.480 e. The van der Waals surface area contributed by atoms with E-state index < -0.39 is 12.0 Å². The third kappa shape index (κ3) is 2.36.